The molecule has 0 amide bonds. The van der Waals surface area contributed by atoms with Crippen LogP contribution in [0.15, 0.2) is 37.9 Å². The summed E-state index contributed by atoms with van der Waals surface area (Å²) in [5, 5.41) is 0.726. The number of benzene rings is 1. The summed E-state index contributed by atoms with van der Waals surface area (Å²) in [5.74, 6) is 0.0882. The highest BCUT2D eigenvalue weighted by molar-refractivity contribution is 9.12. The number of ketones is 1. The van der Waals surface area contributed by atoms with Crippen molar-refractivity contribution >= 4 is 60.6 Å². The van der Waals surface area contributed by atoms with Gasteiger partial charge in [0, 0.05) is 16.6 Å². The zero-order valence-electron chi connectivity index (χ0n) is 11.6. The number of carbonyl (C=O) groups excluding carboxylic acids is 1. The number of thiophene rings is 1. The number of Topliss-reactive ketones (excluding diaryl/α,β-unsaturated/α-hetero) is 1. The van der Waals surface area contributed by atoms with Crippen molar-refractivity contribution in [1.82, 2.24) is 4.90 Å². The molecule has 21 heavy (non-hydrogen) atoms. The molecule has 0 fully saturated rings. The molecule has 2 nitrogen and oxygen atoms in total. The minimum Gasteiger partial charge on any atom is -0.293 e. The molecule has 1 heterocycles. The van der Waals surface area contributed by atoms with E-state index in [9.17, 15) is 4.79 Å². The minimum atomic E-state index is 0.0727. The maximum absolute atomic E-state index is 12.4. The summed E-state index contributed by atoms with van der Waals surface area (Å²) in [6.07, 6.45) is 0. The molecule has 1 unspecified atom stereocenters. The molecule has 2 rings (SSSR count). The van der Waals surface area contributed by atoms with Crippen molar-refractivity contribution in [2.24, 2.45) is 0 Å². The Balaban J connectivity index is 2.11. The second-order valence-corrected chi connectivity index (χ2v) is 8.93. The van der Waals surface area contributed by atoms with Crippen molar-refractivity contribution in [3.63, 3.8) is 0 Å². The smallest absolute Gasteiger partial charge is 0.178 e. The van der Waals surface area contributed by atoms with Crippen molar-refractivity contribution in [2.75, 3.05) is 13.6 Å². The van der Waals surface area contributed by atoms with Crippen LogP contribution in [0.4, 0.5) is 0 Å². The van der Waals surface area contributed by atoms with Crippen molar-refractivity contribution in [3.8, 4) is 0 Å². The monoisotopic (exact) mass is 449 g/mol. The molecule has 1 aromatic carbocycles. The largest absolute Gasteiger partial charge is 0.293 e. The highest BCUT2D eigenvalue weighted by atomic mass is 79.9. The Morgan fingerprint density at radius 2 is 2.05 bits per heavy atom. The molecule has 0 saturated heterocycles. The first-order chi connectivity index (χ1) is 9.90. The van der Waals surface area contributed by atoms with Gasteiger partial charge in [-0.3, -0.25) is 9.69 Å². The van der Waals surface area contributed by atoms with Gasteiger partial charge in [0.25, 0.3) is 0 Å². The van der Waals surface area contributed by atoms with Crippen LogP contribution in [0.5, 0.6) is 0 Å². The summed E-state index contributed by atoms with van der Waals surface area (Å²) in [4.78, 5) is 14.4. The van der Waals surface area contributed by atoms with E-state index < -0.39 is 0 Å². The average Bonchev–Trinajstić information content (AvgIpc) is 2.77. The molecule has 0 bridgehead atoms. The number of nitrogens with zero attached hydrogens (tertiary/aromatic N) is 1. The van der Waals surface area contributed by atoms with E-state index in [2.05, 4.69) is 31.9 Å². The van der Waals surface area contributed by atoms with Crippen molar-refractivity contribution in [2.45, 2.75) is 13.0 Å². The number of carbonyl (C=O) groups is 1. The third-order valence-corrected chi connectivity index (χ3v) is 6.05. The quantitative estimate of drug-likeness (QED) is 0.535. The summed E-state index contributed by atoms with van der Waals surface area (Å²) in [6, 6.07) is 9.65. The van der Waals surface area contributed by atoms with E-state index in [0.29, 0.717) is 12.1 Å². The van der Waals surface area contributed by atoms with E-state index in [4.69, 9.17) is 11.6 Å². The van der Waals surface area contributed by atoms with Crippen LogP contribution < -0.4 is 0 Å². The first-order valence-corrected chi connectivity index (χ1v) is 9.11. The van der Waals surface area contributed by atoms with Crippen LogP contribution in [0.2, 0.25) is 5.02 Å². The van der Waals surface area contributed by atoms with E-state index >= 15 is 0 Å². The lowest BCUT2D eigenvalue weighted by Gasteiger charge is -2.25. The van der Waals surface area contributed by atoms with Gasteiger partial charge in [-0.05, 0) is 63.5 Å². The summed E-state index contributed by atoms with van der Waals surface area (Å²) in [5.41, 5.74) is 1.74. The van der Waals surface area contributed by atoms with E-state index in [1.165, 1.54) is 11.3 Å². The zero-order chi connectivity index (χ0) is 15.6. The van der Waals surface area contributed by atoms with Crippen molar-refractivity contribution in [3.05, 3.63) is 54.1 Å². The maximum atomic E-state index is 12.4. The normalized spacial score (nSPS) is 12.7. The standard InChI is InChI=1S/C15H14Br2ClNOS/c1-9(10-5-3-4-6-12(10)18)19(2)8-13(20)11-7-14(16)21-15(11)17/h3-7,9H,8H2,1-2H3. The molecular weight excluding hydrogens is 437 g/mol. The predicted molar refractivity (Wildman–Crippen MR) is 96.5 cm³/mol. The minimum absolute atomic E-state index is 0.0727. The van der Waals surface area contributed by atoms with Crippen LogP contribution in [0.25, 0.3) is 0 Å². The second-order valence-electron chi connectivity index (χ2n) is 4.77. The fourth-order valence-electron chi connectivity index (χ4n) is 2.03. The number of hydrogen-bond acceptors (Lipinski definition) is 3. The highest BCUT2D eigenvalue weighted by Gasteiger charge is 2.20. The molecule has 112 valence electrons. The number of halogens is 3. The summed E-state index contributed by atoms with van der Waals surface area (Å²) in [6.45, 7) is 2.39. The summed E-state index contributed by atoms with van der Waals surface area (Å²) >= 11 is 14.6. The van der Waals surface area contributed by atoms with Crippen LogP contribution in [-0.2, 0) is 0 Å². The van der Waals surface area contributed by atoms with Gasteiger partial charge < -0.3 is 0 Å². The molecule has 6 heteroatoms. The molecule has 0 spiro atoms. The Labute approximate surface area is 150 Å². The van der Waals surface area contributed by atoms with E-state index in [1.807, 2.05) is 49.2 Å². The van der Waals surface area contributed by atoms with Gasteiger partial charge in [-0.15, -0.1) is 11.3 Å². The first-order valence-electron chi connectivity index (χ1n) is 6.33. The lowest BCUT2D eigenvalue weighted by Crippen LogP contribution is -2.29. The topological polar surface area (TPSA) is 20.3 Å². The summed E-state index contributed by atoms with van der Waals surface area (Å²) < 4.78 is 1.80. The van der Waals surface area contributed by atoms with Crippen LogP contribution in [0, 0.1) is 0 Å². The maximum Gasteiger partial charge on any atom is 0.178 e. The van der Waals surface area contributed by atoms with Gasteiger partial charge in [-0.2, -0.15) is 0 Å². The van der Waals surface area contributed by atoms with E-state index in [-0.39, 0.29) is 11.8 Å². The lowest BCUT2D eigenvalue weighted by molar-refractivity contribution is 0.0924. The Kier molecular flexibility index (Phi) is 6.03. The third-order valence-electron chi connectivity index (χ3n) is 3.37. The average molecular weight is 452 g/mol. The van der Waals surface area contributed by atoms with Gasteiger partial charge in [-0.25, -0.2) is 0 Å². The lowest BCUT2D eigenvalue weighted by atomic mass is 10.1. The molecule has 2 aromatic rings. The molecule has 0 aliphatic rings. The molecule has 1 atom stereocenters. The fourth-order valence-corrected chi connectivity index (χ4v) is 5.18. The van der Waals surface area contributed by atoms with Gasteiger partial charge in [-0.1, -0.05) is 29.8 Å². The summed E-state index contributed by atoms with van der Waals surface area (Å²) in [7, 11) is 1.93. The molecule has 0 saturated carbocycles. The Morgan fingerprint density at radius 1 is 1.38 bits per heavy atom. The van der Waals surface area contributed by atoms with Crippen molar-refractivity contribution in [1.29, 1.82) is 0 Å². The number of likely N-dealkylation sites (N-methyl/N-ethyl adjacent to an activating group) is 1. The Bertz CT molecular complexity index is 659. The SMILES string of the molecule is CC(c1ccccc1Cl)N(C)CC(=O)c1cc(Br)sc1Br. The number of hydrogen-bond donors (Lipinski definition) is 0. The highest BCUT2D eigenvalue weighted by Crippen LogP contribution is 2.33. The second kappa shape index (κ2) is 7.38. The van der Waals surface area contributed by atoms with Crippen molar-refractivity contribution < 1.29 is 4.79 Å². The number of rotatable bonds is 5. The van der Waals surface area contributed by atoms with E-state index in [1.54, 1.807) is 0 Å². The van der Waals surface area contributed by atoms with Crippen LogP contribution in [0.1, 0.15) is 28.9 Å². The van der Waals surface area contributed by atoms with Gasteiger partial charge in [0.15, 0.2) is 5.78 Å². The zero-order valence-corrected chi connectivity index (χ0v) is 16.3. The van der Waals surface area contributed by atoms with Crippen LogP contribution in [0.3, 0.4) is 0 Å². The molecule has 0 N–H and O–H groups in total. The Morgan fingerprint density at radius 3 is 2.62 bits per heavy atom. The molecule has 0 radical (unpaired) electrons. The van der Waals surface area contributed by atoms with E-state index in [0.717, 1.165) is 18.2 Å². The van der Waals surface area contributed by atoms with Gasteiger partial charge in [0.1, 0.15) is 0 Å². The van der Waals surface area contributed by atoms with Gasteiger partial charge in [0.05, 0.1) is 14.1 Å². The third kappa shape index (κ3) is 4.17. The molecule has 1 aromatic heterocycles. The first kappa shape index (κ1) is 17.2. The fraction of sp³-hybridized carbons (Fsp3) is 0.267. The predicted octanol–water partition coefficient (Wildman–Crippen LogP) is 5.80. The Hall–Kier alpha value is -0.200. The molecule has 0 aliphatic heterocycles. The molecular formula is C15H14Br2ClNOS. The van der Waals surface area contributed by atoms with Gasteiger partial charge >= 0.3 is 0 Å². The van der Waals surface area contributed by atoms with Crippen LogP contribution >= 0.6 is 54.8 Å². The van der Waals surface area contributed by atoms with Crippen LogP contribution in [-0.4, -0.2) is 24.3 Å². The molecule has 0 aliphatic carbocycles. The van der Waals surface area contributed by atoms with Gasteiger partial charge in [0.2, 0.25) is 0 Å².